The van der Waals surface area contributed by atoms with E-state index < -0.39 is 0 Å². The molecular weight excluding hydrogens is 366 g/mol. The number of rotatable bonds is 4. The second-order valence-corrected chi connectivity index (χ2v) is 7.29. The lowest BCUT2D eigenvalue weighted by atomic mass is 10.1. The average molecular weight is 385 g/mol. The monoisotopic (exact) mass is 385 g/mol. The smallest absolute Gasteiger partial charge is 0.259 e. The van der Waals surface area contributed by atoms with E-state index in [2.05, 4.69) is 5.32 Å². The molecule has 6 heteroatoms. The molecule has 1 saturated heterocycles. The van der Waals surface area contributed by atoms with Gasteiger partial charge in [-0.2, -0.15) is 0 Å². The molecule has 3 aromatic carbocycles. The van der Waals surface area contributed by atoms with Gasteiger partial charge in [-0.25, -0.2) is 0 Å². The molecule has 0 spiro atoms. The van der Waals surface area contributed by atoms with Gasteiger partial charge < -0.3 is 10.2 Å². The predicted octanol–water partition coefficient (Wildman–Crippen LogP) is 3.57. The summed E-state index contributed by atoms with van der Waals surface area (Å²) in [5.74, 6) is -0.416. The Kier molecular flexibility index (Phi) is 4.05. The first-order chi connectivity index (χ1) is 14.1. The van der Waals surface area contributed by atoms with Crippen molar-refractivity contribution < 1.29 is 14.4 Å². The van der Waals surface area contributed by atoms with E-state index in [4.69, 9.17) is 0 Å². The van der Waals surface area contributed by atoms with Crippen molar-refractivity contribution in [2.24, 2.45) is 0 Å². The molecule has 144 valence electrons. The van der Waals surface area contributed by atoms with Gasteiger partial charge in [0.15, 0.2) is 0 Å². The summed E-state index contributed by atoms with van der Waals surface area (Å²) in [6.45, 7) is 0.558. The molecule has 0 aromatic heterocycles. The molecule has 2 aliphatic heterocycles. The van der Waals surface area contributed by atoms with Gasteiger partial charge >= 0.3 is 0 Å². The minimum Gasteiger partial charge on any atom is -0.323 e. The quantitative estimate of drug-likeness (QED) is 0.747. The van der Waals surface area contributed by atoms with Crippen molar-refractivity contribution >= 4 is 45.6 Å². The summed E-state index contributed by atoms with van der Waals surface area (Å²) < 4.78 is 0. The zero-order valence-electron chi connectivity index (χ0n) is 15.7. The van der Waals surface area contributed by atoms with E-state index >= 15 is 0 Å². The van der Waals surface area contributed by atoms with Crippen LogP contribution in [0.3, 0.4) is 0 Å². The van der Waals surface area contributed by atoms with Crippen molar-refractivity contribution in [2.45, 2.75) is 12.8 Å². The standard InChI is InChI=1S/C23H19N3O3/c27-20(24-17-9-1-2-10-18(17)25-13-5-12-21(25)28)14-26-19-11-4-7-15-6-3-8-16(22(15)19)23(26)29/h1-4,6-11H,5,12-14H2,(H,24,27). The molecule has 29 heavy (non-hydrogen) atoms. The molecule has 1 N–H and O–H groups in total. The largest absolute Gasteiger partial charge is 0.323 e. The highest BCUT2D eigenvalue weighted by Gasteiger charge is 2.31. The summed E-state index contributed by atoms with van der Waals surface area (Å²) >= 11 is 0. The minimum absolute atomic E-state index is 0.0588. The number of nitrogens with zero attached hydrogens (tertiary/aromatic N) is 2. The van der Waals surface area contributed by atoms with Crippen molar-refractivity contribution in [3.8, 4) is 0 Å². The van der Waals surface area contributed by atoms with Gasteiger partial charge in [0.2, 0.25) is 11.8 Å². The Labute approximate surface area is 167 Å². The SMILES string of the molecule is O=C(CN1C(=O)c2cccc3cccc1c23)Nc1ccccc1N1CCCC1=O. The third-order valence-corrected chi connectivity index (χ3v) is 5.49. The van der Waals surface area contributed by atoms with Crippen molar-refractivity contribution in [1.82, 2.24) is 0 Å². The summed E-state index contributed by atoms with van der Waals surface area (Å²) in [5.41, 5.74) is 2.65. The van der Waals surface area contributed by atoms with Crippen LogP contribution in [0, 0.1) is 0 Å². The third kappa shape index (κ3) is 2.84. The summed E-state index contributed by atoms with van der Waals surface area (Å²) in [7, 11) is 0. The Bertz CT molecular complexity index is 1170. The molecule has 0 bridgehead atoms. The van der Waals surface area contributed by atoms with Crippen molar-refractivity contribution in [1.29, 1.82) is 0 Å². The molecule has 2 aliphatic rings. The number of hydrogen-bond acceptors (Lipinski definition) is 3. The minimum atomic E-state index is -0.303. The van der Waals surface area contributed by atoms with Crippen LogP contribution in [0.25, 0.3) is 10.8 Å². The maximum absolute atomic E-state index is 12.9. The van der Waals surface area contributed by atoms with Crippen LogP contribution in [0.4, 0.5) is 17.1 Å². The van der Waals surface area contributed by atoms with Crippen LogP contribution in [-0.2, 0) is 9.59 Å². The maximum atomic E-state index is 12.9. The molecule has 0 radical (unpaired) electrons. The number of hydrogen-bond donors (Lipinski definition) is 1. The third-order valence-electron chi connectivity index (χ3n) is 5.49. The summed E-state index contributed by atoms with van der Waals surface area (Å²) in [6, 6.07) is 18.6. The van der Waals surface area contributed by atoms with Gasteiger partial charge in [0.1, 0.15) is 6.54 Å². The Morgan fingerprint density at radius 1 is 0.931 bits per heavy atom. The van der Waals surface area contributed by atoms with Crippen LogP contribution in [0.15, 0.2) is 60.7 Å². The van der Waals surface area contributed by atoms with E-state index in [0.29, 0.717) is 29.9 Å². The average Bonchev–Trinajstić information content (AvgIpc) is 3.27. The Balaban J connectivity index is 1.40. The highest BCUT2D eigenvalue weighted by molar-refractivity contribution is 6.26. The molecule has 0 unspecified atom stereocenters. The molecule has 3 amide bonds. The van der Waals surface area contributed by atoms with Gasteiger partial charge in [-0.3, -0.25) is 19.3 Å². The molecule has 6 nitrogen and oxygen atoms in total. The van der Waals surface area contributed by atoms with Gasteiger partial charge in [-0.15, -0.1) is 0 Å². The van der Waals surface area contributed by atoms with E-state index in [1.165, 1.54) is 4.90 Å². The van der Waals surface area contributed by atoms with Crippen LogP contribution in [0.1, 0.15) is 23.2 Å². The molecule has 3 aromatic rings. The number of benzene rings is 3. The Morgan fingerprint density at radius 2 is 1.69 bits per heavy atom. The van der Waals surface area contributed by atoms with Crippen LogP contribution in [0.5, 0.6) is 0 Å². The van der Waals surface area contributed by atoms with E-state index in [0.717, 1.165) is 22.9 Å². The van der Waals surface area contributed by atoms with Crippen LogP contribution < -0.4 is 15.1 Å². The van der Waals surface area contributed by atoms with Gasteiger partial charge in [0.05, 0.1) is 17.1 Å². The lowest BCUT2D eigenvalue weighted by Crippen LogP contribution is -2.36. The highest BCUT2D eigenvalue weighted by Crippen LogP contribution is 2.37. The fourth-order valence-corrected chi connectivity index (χ4v) is 4.19. The first kappa shape index (κ1) is 17.4. The Hall–Kier alpha value is -3.67. The molecular formula is C23H19N3O3. The number of carbonyl (C=O) groups excluding carboxylic acids is 3. The van der Waals surface area contributed by atoms with E-state index in [9.17, 15) is 14.4 Å². The highest BCUT2D eigenvalue weighted by atomic mass is 16.2. The molecule has 0 atom stereocenters. The van der Waals surface area contributed by atoms with Crippen molar-refractivity contribution in [2.75, 3.05) is 28.2 Å². The summed E-state index contributed by atoms with van der Waals surface area (Å²) in [6.07, 6.45) is 1.33. The van der Waals surface area contributed by atoms with Gasteiger partial charge in [-0.1, -0.05) is 36.4 Å². The molecule has 0 saturated carbocycles. The van der Waals surface area contributed by atoms with Crippen molar-refractivity contribution in [3.05, 3.63) is 66.2 Å². The molecule has 1 fully saturated rings. The predicted molar refractivity (Wildman–Crippen MR) is 112 cm³/mol. The summed E-state index contributed by atoms with van der Waals surface area (Å²) in [4.78, 5) is 41.0. The second kappa shape index (κ2) is 6.74. The molecule has 0 aliphatic carbocycles. The second-order valence-electron chi connectivity index (χ2n) is 7.29. The number of nitrogens with one attached hydrogen (secondary N) is 1. The fraction of sp³-hybridized carbons (Fsp3) is 0.174. The van der Waals surface area contributed by atoms with Gasteiger partial charge in [-0.05, 0) is 36.1 Å². The fourth-order valence-electron chi connectivity index (χ4n) is 4.19. The zero-order chi connectivity index (χ0) is 20.0. The first-order valence-electron chi connectivity index (χ1n) is 9.66. The lowest BCUT2D eigenvalue weighted by Gasteiger charge is -2.21. The zero-order valence-corrected chi connectivity index (χ0v) is 15.7. The van der Waals surface area contributed by atoms with Crippen LogP contribution in [-0.4, -0.2) is 30.8 Å². The first-order valence-corrected chi connectivity index (χ1v) is 9.66. The van der Waals surface area contributed by atoms with Crippen molar-refractivity contribution in [3.63, 3.8) is 0 Å². The van der Waals surface area contributed by atoms with E-state index in [-0.39, 0.29) is 24.3 Å². The normalized spacial score (nSPS) is 15.4. The summed E-state index contributed by atoms with van der Waals surface area (Å²) in [5, 5.41) is 4.75. The lowest BCUT2D eigenvalue weighted by molar-refractivity contribution is -0.117. The van der Waals surface area contributed by atoms with E-state index in [1.54, 1.807) is 17.0 Å². The van der Waals surface area contributed by atoms with E-state index in [1.807, 2.05) is 48.5 Å². The number of amides is 3. The van der Waals surface area contributed by atoms with Gasteiger partial charge in [0, 0.05) is 23.9 Å². The number of anilines is 3. The topological polar surface area (TPSA) is 69.7 Å². The molecule has 5 rings (SSSR count). The van der Waals surface area contributed by atoms with Gasteiger partial charge in [0.25, 0.3) is 5.91 Å². The Morgan fingerprint density at radius 3 is 2.48 bits per heavy atom. The van der Waals surface area contributed by atoms with Crippen LogP contribution >= 0.6 is 0 Å². The number of carbonyl (C=O) groups is 3. The number of para-hydroxylation sites is 2. The maximum Gasteiger partial charge on any atom is 0.259 e. The van der Waals surface area contributed by atoms with Crippen LogP contribution in [0.2, 0.25) is 0 Å². The molecule has 2 heterocycles.